The van der Waals surface area contributed by atoms with Crippen LogP contribution in [0.25, 0.3) is 0 Å². The summed E-state index contributed by atoms with van der Waals surface area (Å²) in [5.41, 5.74) is 1.70. The van der Waals surface area contributed by atoms with Gasteiger partial charge in [-0.25, -0.2) is 0 Å². The molecule has 0 bridgehead atoms. The first kappa shape index (κ1) is 20.8. The number of hydrogen-bond donors (Lipinski definition) is 1. The lowest BCUT2D eigenvalue weighted by molar-refractivity contribution is -0.142. The molecule has 1 atom stereocenters. The molecule has 156 valence electrons. The third-order valence-corrected chi connectivity index (χ3v) is 5.38. The first-order chi connectivity index (χ1) is 14.0. The Balaban J connectivity index is 2.20. The molecular weight excluding hydrogens is 374 g/mol. The van der Waals surface area contributed by atoms with Crippen LogP contribution in [0, 0.1) is 0 Å². The molecule has 0 aliphatic carbocycles. The monoisotopic (exact) mass is 401 g/mol. The van der Waals surface area contributed by atoms with E-state index in [-0.39, 0.29) is 6.04 Å². The summed E-state index contributed by atoms with van der Waals surface area (Å²) in [5, 5.41) is 9.80. The molecular formula is C22H27NO6. The van der Waals surface area contributed by atoms with E-state index in [1.54, 1.807) is 28.4 Å². The minimum Gasteiger partial charge on any atom is -0.497 e. The maximum absolute atomic E-state index is 11.9. The van der Waals surface area contributed by atoms with Gasteiger partial charge in [-0.3, -0.25) is 9.69 Å². The number of carboxylic acids is 1. The van der Waals surface area contributed by atoms with Crippen LogP contribution in [0.5, 0.6) is 23.0 Å². The van der Waals surface area contributed by atoms with Crippen molar-refractivity contribution in [3.05, 3.63) is 47.5 Å². The van der Waals surface area contributed by atoms with E-state index >= 15 is 0 Å². The molecule has 0 radical (unpaired) electrons. The minimum atomic E-state index is -0.826. The number of rotatable bonds is 8. The van der Waals surface area contributed by atoms with Gasteiger partial charge in [-0.2, -0.15) is 0 Å². The largest absolute Gasteiger partial charge is 0.497 e. The van der Waals surface area contributed by atoms with Gasteiger partial charge in [0, 0.05) is 29.8 Å². The Bertz CT molecular complexity index is 813. The van der Waals surface area contributed by atoms with Crippen molar-refractivity contribution in [3.8, 4) is 23.0 Å². The fourth-order valence-electron chi connectivity index (χ4n) is 3.98. The van der Waals surface area contributed by atoms with E-state index in [0.717, 1.165) is 17.5 Å². The molecule has 1 unspecified atom stereocenters. The summed E-state index contributed by atoms with van der Waals surface area (Å²) in [5.74, 6) is 1.77. The molecule has 7 nitrogen and oxygen atoms in total. The molecule has 1 N–H and O–H groups in total. The smallest absolute Gasteiger partial charge is 0.320 e. The maximum Gasteiger partial charge on any atom is 0.320 e. The second kappa shape index (κ2) is 9.05. The first-order valence-electron chi connectivity index (χ1n) is 9.46. The van der Waals surface area contributed by atoms with E-state index in [1.165, 1.54) is 0 Å². The van der Waals surface area contributed by atoms with E-state index in [9.17, 15) is 9.90 Å². The average Bonchev–Trinajstić information content (AvgIpc) is 3.24. The van der Waals surface area contributed by atoms with E-state index in [4.69, 9.17) is 18.9 Å². The SMILES string of the molecule is COc1ccc(C(c2ccc(OC)cc2OC)N2CCCC2C(=O)O)c(OC)c1. The van der Waals surface area contributed by atoms with Crippen LogP contribution in [0.3, 0.4) is 0 Å². The number of methoxy groups -OCH3 is 4. The van der Waals surface area contributed by atoms with Crippen LogP contribution in [0.15, 0.2) is 36.4 Å². The third-order valence-electron chi connectivity index (χ3n) is 5.38. The van der Waals surface area contributed by atoms with Crippen molar-refractivity contribution < 1.29 is 28.8 Å². The van der Waals surface area contributed by atoms with Crippen LogP contribution in [-0.4, -0.2) is 57.0 Å². The number of benzene rings is 2. The summed E-state index contributed by atoms with van der Waals surface area (Å²) in [7, 11) is 6.39. The molecule has 7 heteroatoms. The summed E-state index contributed by atoms with van der Waals surface area (Å²) >= 11 is 0. The van der Waals surface area contributed by atoms with Gasteiger partial charge < -0.3 is 24.1 Å². The molecule has 0 saturated carbocycles. The Morgan fingerprint density at radius 2 is 1.45 bits per heavy atom. The highest BCUT2D eigenvalue weighted by atomic mass is 16.5. The number of hydrogen-bond acceptors (Lipinski definition) is 6. The zero-order valence-electron chi connectivity index (χ0n) is 17.2. The Hall–Kier alpha value is -2.93. The molecule has 1 saturated heterocycles. The number of nitrogens with zero attached hydrogens (tertiary/aromatic N) is 1. The number of likely N-dealkylation sites (tertiary alicyclic amines) is 1. The predicted octanol–water partition coefficient (Wildman–Crippen LogP) is 3.36. The van der Waals surface area contributed by atoms with Gasteiger partial charge in [0.1, 0.15) is 29.0 Å². The lowest BCUT2D eigenvalue weighted by Crippen LogP contribution is -2.39. The van der Waals surface area contributed by atoms with Gasteiger partial charge >= 0.3 is 5.97 Å². The van der Waals surface area contributed by atoms with Crippen LogP contribution >= 0.6 is 0 Å². The normalized spacial score (nSPS) is 16.7. The predicted molar refractivity (Wildman–Crippen MR) is 108 cm³/mol. The standard InChI is InChI=1S/C22H27NO6/c1-26-14-7-9-16(19(12-14)28-3)21(23-11-5-6-18(23)22(24)25)17-10-8-15(27-2)13-20(17)29-4/h7-10,12-13,18,21H,5-6,11H2,1-4H3,(H,24,25). The van der Waals surface area contributed by atoms with Crippen molar-refractivity contribution in [2.45, 2.75) is 24.9 Å². The van der Waals surface area contributed by atoms with Gasteiger partial charge in [0.15, 0.2) is 0 Å². The zero-order valence-corrected chi connectivity index (χ0v) is 17.2. The number of carbonyl (C=O) groups is 1. The van der Waals surface area contributed by atoms with Gasteiger partial charge in [0.2, 0.25) is 0 Å². The van der Waals surface area contributed by atoms with Crippen LogP contribution in [0.1, 0.15) is 30.0 Å². The fourth-order valence-corrected chi connectivity index (χ4v) is 3.98. The van der Waals surface area contributed by atoms with E-state index in [1.807, 2.05) is 41.3 Å². The van der Waals surface area contributed by atoms with Crippen LogP contribution < -0.4 is 18.9 Å². The van der Waals surface area contributed by atoms with Crippen molar-refractivity contribution >= 4 is 5.97 Å². The lowest BCUT2D eigenvalue weighted by atomic mass is 9.94. The van der Waals surface area contributed by atoms with Crippen molar-refractivity contribution in [2.24, 2.45) is 0 Å². The van der Waals surface area contributed by atoms with Gasteiger partial charge in [-0.15, -0.1) is 0 Å². The summed E-state index contributed by atoms with van der Waals surface area (Å²) in [6.45, 7) is 0.659. The molecule has 29 heavy (non-hydrogen) atoms. The third kappa shape index (κ3) is 4.10. The quantitative estimate of drug-likeness (QED) is 0.727. The summed E-state index contributed by atoms with van der Waals surface area (Å²) in [6, 6.07) is 10.2. The van der Waals surface area contributed by atoms with Crippen LogP contribution in [0.4, 0.5) is 0 Å². The molecule has 0 aromatic heterocycles. The molecule has 2 aromatic rings. The highest BCUT2D eigenvalue weighted by molar-refractivity contribution is 5.74. The van der Waals surface area contributed by atoms with Gasteiger partial charge in [0.25, 0.3) is 0 Å². The van der Waals surface area contributed by atoms with E-state index in [2.05, 4.69) is 0 Å². The molecule has 3 rings (SSSR count). The maximum atomic E-state index is 11.9. The number of carboxylic acid groups (broad SMARTS) is 1. The van der Waals surface area contributed by atoms with Crippen molar-refractivity contribution in [1.82, 2.24) is 4.90 Å². The molecule has 1 aliphatic heterocycles. The second-order valence-corrected chi connectivity index (χ2v) is 6.85. The molecule has 1 fully saturated rings. The summed E-state index contributed by atoms with van der Waals surface area (Å²) < 4.78 is 21.9. The molecule has 0 spiro atoms. The van der Waals surface area contributed by atoms with Crippen molar-refractivity contribution in [1.29, 1.82) is 0 Å². The van der Waals surface area contributed by atoms with Gasteiger partial charge in [-0.1, -0.05) is 0 Å². The van der Waals surface area contributed by atoms with Gasteiger partial charge in [0.05, 0.1) is 34.5 Å². The topological polar surface area (TPSA) is 77.5 Å². The Kier molecular flexibility index (Phi) is 6.49. The summed E-state index contributed by atoms with van der Waals surface area (Å²) in [6.07, 6.45) is 1.41. The Morgan fingerprint density at radius 1 is 0.931 bits per heavy atom. The van der Waals surface area contributed by atoms with Crippen molar-refractivity contribution in [3.63, 3.8) is 0 Å². The Labute approximate surface area is 170 Å². The zero-order chi connectivity index (χ0) is 21.0. The van der Waals surface area contributed by atoms with E-state index in [0.29, 0.717) is 36.0 Å². The average molecular weight is 401 g/mol. The molecule has 1 aliphatic rings. The van der Waals surface area contributed by atoms with Crippen LogP contribution in [-0.2, 0) is 4.79 Å². The highest BCUT2D eigenvalue weighted by Gasteiger charge is 2.39. The second-order valence-electron chi connectivity index (χ2n) is 6.85. The molecule has 0 amide bonds. The molecule has 2 aromatic carbocycles. The van der Waals surface area contributed by atoms with E-state index < -0.39 is 12.0 Å². The van der Waals surface area contributed by atoms with Crippen LogP contribution in [0.2, 0.25) is 0 Å². The summed E-state index contributed by atoms with van der Waals surface area (Å²) in [4.78, 5) is 13.9. The lowest BCUT2D eigenvalue weighted by Gasteiger charge is -2.33. The Morgan fingerprint density at radius 3 is 1.86 bits per heavy atom. The highest BCUT2D eigenvalue weighted by Crippen LogP contribution is 2.44. The first-order valence-corrected chi connectivity index (χ1v) is 9.46. The van der Waals surface area contributed by atoms with Crippen molar-refractivity contribution in [2.75, 3.05) is 35.0 Å². The molecule has 1 heterocycles. The van der Waals surface area contributed by atoms with Gasteiger partial charge in [-0.05, 0) is 37.1 Å². The minimum absolute atomic E-state index is 0.361. The fraction of sp³-hybridized carbons (Fsp3) is 0.409. The number of aliphatic carboxylic acids is 1. The number of ether oxygens (including phenoxy) is 4.